The molecule has 1 saturated heterocycles. The second-order valence-electron chi connectivity index (χ2n) is 7.15. The number of fused-ring (bicyclic) bond motifs is 3. The van der Waals surface area contributed by atoms with Gasteiger partial charge in [0.15, 0.2) is 0 Å². The first-order chi connectivity index (χ1) is 11.4. The van der Waals surface area contributed by atoms with Crippen LogP contribution < -0.4 is 5.56 Å². The maximum Gasteiger partial charge on any atom is 0.294 e. The first kappa shape index (κ1) is 15.4. The van der Waals surface area contributed by atoms with Gasteiger partial charge in [0.2, 0.25) is 5.58 Å². The van der Waals surface area contributed by atoms with E-state index in [0.717, 1.165) is 18.5 Å². The van der Waals surface area contributed by atoms with E-state index >= 15 is 0 Å². The summed E-state index contributed by atoms with van der Waals surface area (Å²) in [6.45, 7) is 8.43. The Labute approximate surface area is 139 Å². The molecule has 1 fully saturated rings. The van der Waals surface area contributed by atoms with E-state index < -0.39 is 0 Å². The van der Waals surface area contributed by atoms with E-state index in [1.807, 2.05) is 24.3 Å². The van der Waals surface area contributed by atoms with Crippen molar-refractivity contribution in [2.24, 2.45) is 0 Å². The summed E-state index contributed by atoms with van der Waals surface area (Å²) in [6.07, 6.45) is 0.152. The van der Waals surface area contributed by atoms with Crippen molar-refractivity contribution in [3.8, 4) is 0 Å². The van der Waals surface area contributed by atoms with E-state index in [1.165, 1.54) is 0 Å². The molecule has 24 heavy (non-hydrogen) atoms. The predicted molar refractivity (Wildman–Crippen MR) is 92.0 cm³/mol. The first-order valence-corrected chi connectivity index (χ1v) is 8.22. The summed E-state index contributed by atoms with van der Waals surface area (Å²) < 4.78 is 11.6. The van der Waals surface area contributed by atoms with Crippen molar-refractivity contribution in [3.63, 3.8) is 0 Å². The number of ether oxygens (including phenoxy) is 1. The summed E-state index contributed by atoms with van der Waals surface area (Å²) >= 11 is 0. The Morgan fingerprint density at radius 3 is 2.96 bits per heavy atom. The van der Waals surface area contributed by atoms with Gasteiger partial charge in [-0.2, -0.15) is 0 Å². The molecule has 0 radical (unpaired) electrons. The lowest BCUT2D eigenvalue weighted by molar-refractivity contribution is -0.131. The van der Waals surface area contributed by atoms with E-state index in [-0.39, 0.29) is 22.8 Å². The van der Waals surface area contributed by atoms with Crippen LogP contribution in [0.2, 0.25) is 0 Å². The fraction of sp³-hybridized carbons (Fsp3) is 0.444. The fourth-order valence-corrected chi connectivity index (χ4v) is 3.64. The molecular weight excluding hydrogens is 306 g/mol. The first-order valence-electron chi connectivity index (χ1n) is 8.22. The molecule has 0 bridgehead atoms. The molecule has 6 nitrogen and oxygen atoms in total. The smallest absolute Gasteiger partial charge is 0.294 e. The van der Waals surface area contributed by atoms with Crippen molar-refractivity contribution >= 4 is 22.1 Å². The van der Waals surface area contributed by atoms with E-state index in [1.54, 1.807) is 0 Å². The monoisotopic (exact) mass is 327 g/mol. The molecule has 1 aliphatic heterocycles. The van der Waals surface area contributed by atoms with Crippen molar-refractivity contribution in [2.75, 3.05) is 13.1 Å². The Hall–Kier alpha value is -2.18. The maximum absolute atomic E-state index is 12.4. The van der Waals surface area contributed by atoms with Crippen molar-refractivity contribution in [3.05, 3.63) is 40.4 Å². The van der Waals surface area contributed by atoms with Gasteiger partial charge in [-0.05, 0) is 32.9 Å². The summed E-state index contributed by atoms with van der Waals surface area (Å²) in [5, 5.41) is 0.871. The summed E-state index contributed by atoms with van der Waals surface area (Å²) in [5.41, 5.74) is 1.17. The average molecular weight is 327 g/mol. The van der Waals surface area contributed by atoms with Gasteiger partial charge >= 0.3 is 0 Å². The zero-order chi connectivity index (χ0) is 16.9. The van der Waals surface area contributed by atoms with Gasteiger partial charge in [-0.15, -0.1) is 0 Å². The Kier molecular flexibility index (Phi) is 3.47. The van der Waals surface area contributed by atoms with Gasteiger partial charge in [0, 0.05) is 18.5 Å². The molecule has 1 N–H and O–H groups in total. The second kappa shape index (κ2) is 5.43. The summed E-state index contributed by atoms with van der Waals surface area (Å²) in [6, 6.07) is 7.59. The number of para-hydroxylation sites is 1. The molecule has 0 unspecified atom stereocenters. The highest BCUT2D eigenvalue weighted by molar-refractivity contribution is 6.01. The van der Waals surface area contributed by atoms with E-state index in [9.17, 15) is 4.79 Å². The number of aromatic nitrogens is 2. The van der Waals surface area contributed by atoms with Crippen LogP contribution in [-0.2, 0) is 11.3 Å². The molecule has 2 aromatic heterocycles. The molecule has 1 aliphatic rings. The molecular formula is C18H21N3O3. The van der Waals surface area contributed by atoms with Crippen molar-refractivity contribution in [2.45, 2.75) is 39.0 Å². The standard InChI is InChI=1S/C18H21N3O3/c1-11-8-21(10-18(2,3)24-11)9-14-19-15-12-6-4-5-7-13(12)23-16(15)17(22)20-14/h4-7,11H,8-10H2,1-3H3,(H,19,20,22)/t11-/m0/s1. The number of morpholine rings is 1. The third-order valence-corrected chi connectivity index (χ3v) is 4.29. The van der Waals surface area contributed by atoms with Gasteiger partial charge in [0.05, 0.1) is 18.2 Å². The number of hydrogen-bond acceptors (Lipinski definition) is 5. The Morgan fingerprint density at radius 2 is 2.17 bits per heavy atom. The van der Waals surface area contributed by atoms with Crippen LogP contribution in [-0.4, -0.2) is 39.7 Å². The molecule has 1 atom stereocenters. The minimum Gasteiger partial charge on any atom is -0.449 e. The summed E-state index contributed by atoms with van der Waals surface area (Å²) in [7, 11) is 0. The Bertz CT molecular complexity index is 957. The van der Waals surface area contributed by atoms with Gasteiger partial charge in [0.25, 0.3) is 5.56 Å². The molecule has 3 aromatic rings. The Morgan fingerprint density at radius 1 is 1.38 bits per heavy atom. The van der Waals surface area contributed by atoms with Gasteiger partial charge in [-0.3, -0.25) is 9.69 Å². The van der Waals surface area contributed by atoms with Crippen LogP contribution in [0.3, 0.4) is 0 Å². The van der Waals surface area contributed by atoms with Crippen molar-refractivity contribution in [1.82, 2.24) is 14.9 Å². The van der Waals surface area contributed by atoms with Crippen LogP contribution in [0.1, 0.15) is 26.6 Å². The highest BCUT2D eigenvalue weighted by atomic mass is 16.5. The molecule has 126 valence electrons. The lowest BCUT2D eigenvalue weighted by Crippen LogP contribution is -2.51. The van der Waals surface area contributed by atoms with Crippen molar-refractivity contribution in [1.29, 1.82) is 0 Å². The fourth-order valence-electron chi connectivity index (χ4n) is 3.64. The third kappa shape index (κ3) is 2.72. The number of hydrogen-bond donors (Lipinski definition) is 1. The van der Waals surface area contributed by atoms with Crippen LogP contribution in [0.15, 0.2) is 33.5 Å². The summed E-state index contributed by atoms with van der Waals surface area (Å²) in [4.78, 5) is 22.2. The van der Waals surface area contributed by atoms with E-state index in [0.29, 0.717) is 23.5 Å². The highest BCUT2D eigenvalue weighted by Crippen LogP contribution is 2.25. The van der Waals surface area contributed by atoms with Crippen molar-refractivity contribution < 1.29 is 9.15 Å². The quantitative estimate of drug-likeness (QED) is 0.783. The Balaban J connectivity index is 1.72. The van der Waals surface area contributed by atoms with Crippen LogP contribution in [0.25, 0.3) is 22.1 Å². The number of nitrogens with one attached hydrogen (secondary N) is 1. The number of rotatable bonds is 2. The molecule has 3 heterocycles. The molecule has 4 rings (SSSR count). The van der Waals surface area contributed by atoms with Gasteiger partial charge < -0.3 is 14.1 Å². The zero-order valence-electron chi connectivity index (χ0n) is 14.1. The maximum atomic E-state index is 12.4. The predicted octanol–water partition coefficient (Wildman–Crippen LogP) is 2.67. The van der Waals surface area contributed by atoms with Crippen LogP contribution >= 0.6 is 0 Å². The van der Waals surface area contributed by atoms with Crippen LogP contribution in [0.4, 0.5) is 0 Å². The molecule has 0 amide bonds. The normalized spacial score (nSPS) is 21.5. The second-order valence-corrected chi connectivity index (χ2v) is 7.15. The molecule has 0 saturated carbocycles. The third-order valence-electron chi connectivity index (χ3n) is 4.29. The minimum absolute atomic E-state index is 0.152. The average Bonchev–Trinajstić information content (AvgIpc) is 2.84. The number of furan rings is 1. The lowest BCUT2D eigenvalue weighted by atomic mass is 10.1. The largest absolute Gasteiger partial charge is 0.449 e. The number of benzene rings is 1. The number of H-pyrrole nitrogens is 1. The van der Waals surface area contributed by atoms with Crippen LogP contribution in [0.5, 0.6) is 0 Å². The molecule has 1 aromatic carbocycles. The minimum atomic E-state index is -0.230. The summed E-state index contributed by atoms with van der Waals surface area (Å²) in [5.74, 6) is 0.656. The number of nitrogens with zero attached hydrogens (tertiary/aromatic N) is 2. The van der Waals surface area contributed by atoms with Gasteiger partial charge in [-0.25, -0.2) is 4.98 Å². The number of aromatic amines is 1. The molecule has 0 spiro atoms. The van der Waals surface area contributed by atoms with Gasteiger partial charge in [0.1, 0.15) is 16.9 Å². The zero-order valence-corrected chi connectivity index (χ0v) is 14.1. The lowest BCUT2D eigenvalue weighted by Gasteiger charge is -2.41. The molecule has 6 heteroatoms. The SMILES string of the molecule is C[C@H]1CN(Cc2nc3c(oc4ccccc43)c(=O)[nH]2)CC(C)(C)O1. The topological polar surface area (TPSA) is 71.4 Å². The van der Waals surface area contributed by atoms with Crippen LogP contribution in [0, 0.1) is 0 Å². The van der Waals surface area contributed by atoms with E-state index in [4.69, 9.17) is 9.15 Å². The van der Waals surface area contributed by atoms with E-state index in [2.05, 4.69) is 35.6 Å². The highest BCUT2D eigenvalue weighted by Gasteiger charge is 2.31. The molecule has 0 aliphatic carbocycles. The van der Waals surface area contributed by atoms with Gasteiger partial charge in [-0.1, -0.05) is 12.1 Å².